The molecule has 4 aromatic rings. The standard InChI is InChI=1S/C27H26ClN5O6/c1-17(24(34)35)14-33-26(36)31-25(32(27(33)37)15-18-6-8-19(28)9-7-18)30-20-10-12-22(13-11-20)39-23-5-3-4-21(29-23)16-38-2/h3-13,17H,14-16H2,1-2H3,(H,34,35)(H,30,31,36)/t17-/m0/s1. The molecule has 0 aliphatic rings. The van der Waals surface area contributed by atoms with Crippen LogP contribution in [0.25, 0.3) is 0 Å². The molecule has 0 saturated carbocycles. The summed E-state index contributed by atoms with van der Waals surface area (Å²) in [4.78, 5) is 48.9. The summed E-state index contributed by atoms with van der Waals surface area (Å²) >= 11 is 5.99. The van der Waals surface area contributed by atoms with Gasteiger partial charge in [0, 0.05) is 24.7 Å². The predicted molar refractivity (Wildman–Crippen MR) is 143 cm³/mol. The van der Waals surface area contributed by atoms with Crippen LogP contribution in [0.1, 0.15) is 18.2 Å². The Hall–Kier alpha value is -4.48. The maximum atomic E-state index is 13.4. The third-order valence-electron chi connectivity index (χ3n) is 5.68. The van der Waals surface area contributed by atoms with Crippen molar-refractivity contribution in [2.24, 2.45) is 10.9 Å². The number of methoxy groups -OCH3 is 1. The van der Waals surface area contributed by atoms with Crippen LogP contribution < -0.4 is 21.7 Å². The van der Waals surface area contributed by atoms with E-state index in [9.17, 15) is 19.5 Å². The number of carboxylic acid groups (broad SMARTS) is 1. The molecule has 2 aromatic heterocycles. The van der Waals surface area contributed by atoms with Gasteiger partial charge in [0.05, 0.1) is 30.5 Å². The van der Waals surface area contributed by atoms with Crippen molar-refractivity contribution in [3.8, 4) is 11.6 Å². The number of pyridine rings is 1. The van der Waals surface area contributed by atoms with Crippen molar-refractivity contribution in [3.63, 3.8) is 0 Å². The number of carbonyl (C=O) groups is 1. The number of ether oxygens (including phenoxy) is 2. The Morgan fingerprint density at radius 1 is 1.08 bits per heavy atom. The maximum absolute atomic E-state index is 13.4. The highest BCUT2D eigenvalue weighted by Crippen LogP contribution is 2.22. The summed E-state index contributed by atoms with van der Waals surface area (Å²) < 4.78 is 13.0. The second kappa shape index (κ2) is 12.4. The van der Waals surface area contributed by atoms with Crippen LogP contribution in [-0.4, -0.2) is 37.3 Å². The zero-order chi connectivity index (χ0) is 27.9. The summed E-state index contributed by atoms with van der Waals surface area (Å²) in [5.74, 6) is -1.16. The van der Waals surface area contributed by atoms with E-state index in [1.54, 1.807) is 61.7 Å². The monoisotopic (exact) mass is 551 g/mol. The molecule has 0 radical (unpaired) electrons. The van der Waals surface area contributed by atoms with Gasteiger partial charge in [-0.3, -0.25) is 14.3 Å². The summed E-state index contributed by atoms with van der Waals surface area (Å²) in [5.41, 5.74) is 0.448. The Morgan fingerprint density at radius 2 is 1.79 bits per heavy atom. The number of hydrogen-bond acceptors (Lipinski definition) is 7. The van der Waals surface area contributed by atoms with Crippen LogP contribution in [0.2, 0.25) is 5.02 Å². The first kappa shape index (κ1) is 27.6. The summed E-state index contributed by atoms with van der Waals surface area (Å²) in [6.07, 6.45) is 0. The van der Waals surface area contributed by atoms with Gasteiger partial charge in [-0.25, -0.2) is 24.1 Å². The first-order chi connectivity index (χ1) is 18.7. The van der Waals surface area contributed by atoms with E-state index in [1.165, 1.54) is 11.5 Å². The lowest BCUT2D eigenvalue weighted by Crippen LogP contribution is -2.51. The lowest BCUT2D eigenvalue weighted by Gasteiger charge is -2.13. The van der Waals surface area contributed by atoms with Gasteiger partial charge in [-0.15, -0.1) is 0 Å². The minimum Gasteiger partial charge on any atom is -0.481 e. The molecule has 202 valence electrons. The number of halogens is 1. The molecule has 2 heterocycles. The molecule has 39 heavy (non-hydrogen) atoms. The Labute approximate surface area is 227 Å². The van der Waals surface area contributed by atoms with E-state index in [2.05, 4.69) is 15.0 Å². The van der Waals surface area contributed by atoms with Crippen molar-refractivity contribution in [3.05, 3.63) is 110 Å². The van der Waals surface area contributed by atoms with Crippen LogP contribution in [0, 0.1) is 5.92 Å². The van der Waals surface area contributed by atoms with E-state index in [-0.39, 0.29) is 18.7 Å². The van der Waals surface area contributed by atoms with Crippen LogP contribution in [-0.2, 0) is 29.2 Å². The third kappa shape index (κ3) is 7.09. The molecule has 0 unspecified atom stereocenters. The number of aromatic nitrogens is 4. The molecular formula is C27H26ClN5O6. The smallest absolute Gasteiger partial charge is 0.335 e. The van der Waals surface area contributed by atoms with Crippen LogP contribution in [0.15, 0.2) is 81.3 Å². The number of aliphatic carboxylic acids is 1. The van der Waals surface area contributed by atoms with E-state index in [0.717, 1.165) is 15.8 Å². The summed E-state index contributed by atoms with van der Waals surface area (Å²) in [6, 6.07) is 18.9. The van der Waals surface area contributed by atoms with Crippen LogP contribution in [0.4, 0.5) is 5.69 Å². The number of nitrogens with zero attached hydrogens (tertiary/aromatic N) is 4. The van der Waals surface area contributed by atoms with Crippen LogP contribution >= 0.6 is 11.6 Å². The van der Waals surface area contributed by atoms with Gasteiger partial charge in [0.2, 0.25) is 11.5 Å². The molecule has 0 fully saturated rings. The molecular weight excluding hydrogens is 526 g/mol. The number of aromatic amines is 1. The fourth-order valence-corrected chi connectivity index (χ4v) is 3.77. The molecule has 4 rings (SSSR count). The van der Waals surface area contributed by atoms with Crippen LogP contribution in [0.3, 0.4) is 0 Å². The number of benzene rings is 2. The van der Waals surface area contributed by atoms with Gasteiger partial charge < -0.3 is 14.6 Å². The second-order valence-corrected chi connectivity index (χ2v) is 9.14. The van der Waals surface area contributed by atoms with Gasteiger partial charge in [0.1, 0.15) is 5.75 Å². The minimum atomic E-state index is -1.12. The quantitative estimate of drug-likeness (QED) is 0.308. The van der Waals surface area contributed by atoms with Crippen LogP contribution in [0.5, 0.6) is 11.6 Å². The Kier molecular flexibility index (Phi) is 8.74. The molecule has 0 amide bonds. The lowest BCUT2D eigenvalue weighted by atomic mass is 10.2. The molecule has 0 spiro atoms. The first-order valence-corrected chi connectivity index (χ1v) is 12.3. The van der Waals surface area contributed by atoms with E-state index in [1.807, 2.05) is 12.1 Å². The van der Waals surface area contributed by atoms with Gasteiger partial charge in [-0.2, -0.15) is 0 Å². The van der Waals surface area contributed by atoms with E-state index >= 15 is 0 Å². The lowest BCUT2D eigenvalue weighted by molar-refractivity contribution is -0.141. The minimum absolute atomic E-state index is 0.00165. The number of H-pyrrole nitrogens is 1. The molecule has 0 aliphatic heterocycles. The molecule has 11 nitrogen and oxygen atoms in total. The highest BCUT2D eigenvalue weighted by Gasteiger charge is 2.17. The van der Waals surface area contributed by atoms with Gasteiger partial charge in [-0.05, 0) is 48.0 Å². The Balaban J connectivity index is 1.70. The van der Waals surface area contributed by atoms with Gasteiger partial charge in [-0.1, -0.05) is 36.7 Å². The van der Waals surface area contributed by atoms with E-state index in [4.69, 9.17) is 21.1 Å². The Morgan fingerprint density at radius 3 is 2.46 bits per heavy atom. The summed E-state index contributed by atoms with van der Waals surface area (Å²) in [5, 5.41) is 9.81. The number of rotatable bonds is 10. The number of hydrogen-bond donors (Lipinski definition) is 2. The largest absolute Gasteiger partial charge is 0.481 e. The van der Waals surface area contributed by atoms with Gasteiger partial charge in [0.25, 0.3) is 0 Å². The molecule has 0 bridgehead atoms. The fraction of sp³-hybridized carbons (Fsp3) is 0.222. The summed E-state index contributed by atoms with van der Waals surface area (Å²) in [7, 11) is 1.59. The van der Waals surface area contributed by atoms with Gasteiger partial charge >= 0.3 is 17.3 Å². The molecule has 12 heteroatoms. The summed E-state index contributed by atoms with van der Waals surface area (Å²) in [6.45, 7) is 1.55. The average molecular weight is 552 g/mol. The van der Waals surface area contributed by atoms with Crippen molar-refractivity contribution >= 4 is 23.3 Å². The first-order valence-electron chi connectivity index (χ1n) is 11.9. The highest BCUT2D eigenvalue weighted by atomic mass is 35.5. The van der Waals surface area contributed by atoms with Crippen molar-refractivity contribution in [2.45, 2.75) is 26.6 Å². The van der Waals surface area contributed by atoms with Gasteiger partial charge in [0.15, 0.2) is 0 Å². The van der Waals surface area contributed by atoms with Crippen molar-refractivity contribution in [1.82, 2.24) is 19.1 Å². The SMILES string of the molecule is COCc1cccc(Oc2ccc(/N=c3\[nH]c(=O)n(C[C@H](C)C(=O)O)c(=O)n3Cc3ccc(Cl)cc3)cc2)n1. The van der Waals surface area contributed by atoms with E-state index < -0.39 is 23.3 Å². The Bertz CT molecular complexity index is 1640. The highest BCUT2D eigenvalue weighted by molar-refractivity contribution is 6.30. The third-order valence-corrected chi connectivity index (χ3v) is 5.93. The topological polar surface area (TPSA) is 141 Å². The number of carboxylic acids is 1. The predicted octanol–water partition coefficient (Wildman–Crippen LogP) is 3.33. The maximum Gasteiger partial charge on any atom is 0.335 e. The fourth-order valence-electron chi connectivity index (χ4n) is 3.64. The molecule has 0 aliphatic carbocycles. The van der Waals surface area contributed by atoms with E-state index in [0.29, 0.717) is 28.9 Å². The molecule has 0 saturated heterocycles. The van der Waals surface area contributed by atoms with Crippen molar-refractivity contribution in [1.29, 1.82) is 0 Å². The van der Waals surface area contributed by atoms with Crippen molar-refractivity contribution in [2.75, 3.05) is 7.11 Å². The molecule has 1 atom stereocenters. The zero-order valence-electron chi connectivity index (χ0n) is 21.2. The van der Waals surface area contributed by atoms with Crippen molar-refractivity contribution < 1.29 is 19.4 Å². The zero-order valence-corrected chi connectivity index (χ0v) is 22.0. The molecule has 2 N–H and O–H groups in total. The molecule has 2 aromatic carbocycles. The normalized spacial score (nSPS) is 12.3. The average Bonchev–Trinajstić information content (AvgIpc) is 2.91. The second-order valence-electron chi connectivity index (χ2n) is 8.71. The number of nitrogens with one attached hydrogen (secondary N) is 1.